The molecule has 0 saturated heterocycles. The molecule has 20 heavy (non-hydrogen) atoms. The first-order valence-corrected chi connectivity index (χ1v) is 8.71. The van der Waals surface area contributed by atoms with Crippen LogP contribution in [0.3, 0.4) is 0 Å². The molecule has 0 unspecified atom stereocenters. The summed E-state index contributed by atoms with van der Waals surface area (Å²) >= 11 is 0. The lowest BCUT2D eigenvalue weighted by Gasteiger charge is -2.19. The average molecular weight is 300 g/mol. The zero-order chi connectivity index (χ0) is 14.8. The fraction of sp³-hybridized carbons (Fsp3) is 0.600. The van der Waals surface area contributed by atoms with E-state index < -0.39 is 7.82 Å². The molecule has 1 aromatic rings. The third kappa shape index (κ3) is 6.08. The zero-order valence-corrected chi connectivity index (χ0v) is 13.5. The number of hydrogen-bond donors (Lipinski definition) is 0. The average Bonchev–Trinajstić information content (AvgIpc) is 2.42. The van der Waals surface area contributed by atoms with Crippen LogP contribution in [0.5, 0.6) is 5.75 Å². The van der Waals surface area contributed by atoms with Gasteiger partial charge in [0.1, 0.15) is 5.75 Å². The molecule has 0 saturated carbocycles. The van der Waals surface area contributed by atoms with Crippen molar-refractivity contribution in [3.8, 4) is 5.75 Å². The van der Waals surface area contributed by atoms with Gasteiger partial charge >= 0.3 is 7.82 Å². The number of rotatable bonds is 10. The Kier molecular flexibility index (Phi) is 7.90. The van der Waals surface area contributed by atoms with Crippen molar-refractivity contribution in [3.05, 3.63) is 29.8 Å². The zero-order valence-electron chi connectivity index (χ0n) is 12.6. The van der Waals surface area contributed by atoms with Gasteiger partial charge in [0.05, 0.1) is 13.2 Å². The molecule has 0 radical (unpaired) electrons. The molecule has 114 valence electrons. The quantitative estimate of drug-likeness (QED) is 0.444. The third-order valence-electron chi connectivity index (χ3n) is 2.80. The highest BCUT2D eigenvalue weighted by atomic mass is 31.2. The van der Waals surface area contributed by atoms with E-state index in [0.29, 0.717) is 19.0 Å². The predicted molar refractivity (Wildman–Crippen MR) is 81.1 cm³/mol. The van der Waals surface area contributed by atoms with Gasteiger partial charge in [-0.15, -0.1) is 0 Å². The smallest absolute Gasteiger partial charge is 0.404 e. The highest BCUT2D eigenvalue weighted by Crippen LogP contribution is 2.50. The lowest BCUT2D eigenvalue weighted by Crippen LogP contribution is -2.05. The summed E-state index contributed by atoms with van der Waals surface area (Å²) in [5.41, 5.74) is 0.908. The molecular formula is C15H25O4P. The summed E-state index contributed by atoms with van der Waals surface area (Å²) in [7, 11) is -3.53. The summed E-state index contributed by atoms with van der Waals surface area (Å²) in [5.74, 6) is 0.545. The molecule has 0 N–H and O–H groups in total. The van der Waals surface area contributed by atoms with Gasteiger partial charge in [0.25, 0.3) is 0 Å². The summed E-state index contributed by atoms with van der Waals surface area (Å²) < 4.78 is 28.9. The van der Waals surface area contributed by atoms with E-state index in [9.17, 15) is 4.57 Å². The van der Waals surface area contributed by atoms with E-state index in [1.807, 2.05) is 25.1 Å². The molecule has 1 aromatic carbocycles. The minimum absolute atomic E-state index is 0.381. The Balaban J connectivity index is 2.70. The monoisotopic (exact) mass is 300 g/mol. The first kappa shape index (κ1) is 17.2. The Morgan fingerprint density at radius 2 is 1.55 bits per heavy atom. The molecule has 0 aromatic heterocycles. The van der Waals surface area contributed by atoms with Crippen LogP contribution < -0.4 is 4.52 Å². The maximum absolute atomic E-state index is 12.6. The van der Waals surface area contributed by atoms with Crippen LogP contribution in [0, 0.1) is 6.92 Å². The summed E-state index contributed by atoms with van der Waals surface area (Å²) in [6, 6.07) is 7.42. The maximum Gasteiger partial charge on any atom is 0.530 e. The van der Waals surface area contributed by atoms with Gasteiger partial charge in [-0.05, 0) is 31.4 Å². The summed E-state index contributed by atoms with van der Waals surface area (Å²) in [4.78, 5) is 0. The van der Waals surface area contributed by atoms with Crippen LogP contribution >= 0.6 is 7.82 Å². The Labute approximate surface area is 122 Å². The van der Waals surface area contributed by atoms with Gasteiger partial charge in [-0.2, -0.15) is 0 Å². The van der Waals surface area contributed by atoms with Crippen LogP contribution in [-0.4, -0.2) is 13.2 Å². The van der Waals surface area contributed by atoms with Crippen LogP contribution in [-0.2, 0) is 13.6 Å². The van der Waals surface area contributed by atoms with Gasteiger partial charge < -0.3 is 4.52 Å². The Hall–Kier alpha value is -0.830. The highest BCUT2D eigenvalue weighted by molar-refractivity contribution is 7.48. The number of aryl methyl sites for hydroxylation is 1. The lowest BCUT2D eigenvalue weighted by atomic mass is 10.2. The second-order valence-corrected chi connectivity index (χ2v) is 6.27. The third-order valence-corrected chi connectivity index (χ3v) is 4.22. The Morgan fingerprint density at radius 3 is 2.05 bits per heavy atom. The fourth-order valence-electron chi connectivity index (χ4n) is 1.51. The SMILES string of the molecule is CCCCOP(=O)(OCCCC)Oc1ccccc1C. The van der Waals surface area contributed by atoms with Crippen molar-refractivity contribution in [1.82, 2.24) is 0 Å². The van der Waals surface area contributed by atoms with Crippen molar-refractivity contribution >= 4 is 7.82 Å². The van der Waals surface area contributed by atoms with Crippen LogP contribution in [0.15, 0.2) is 24.3 Å². The van der Waals surface area contributed by atoms with Gasteiger partial charge in [0.15, 0.2) is 0 Å². The fourth-order valence-corrected chi connectivity index (χ4v) is 2.84. The molecular weight excluding hydrogens is 275 g/mol. The van der Waals surface area contributed by atoms with E-state index in [2.05, 4.69) is 13.8 Å². The molecule has 0 spiro atoms. The lowest BCUT2D eigenvalue weighted by molar-refractivity contribution is 0.152. The van der Waals surface area contributed by atoms with Gasteiger partial charge in [-0.1, -0.05) is 44.9 Å². The maximum atomic E-state index is 12.6. The number of phosphoric acid groups is 1. The van der Waals surface area contributed by atoms with Gasteiger partial charge in [-0.25, -0.2) is 4.57 Å². The summed E-state index contributed by atoms with van der Waals surface area (Å²) in [6.07, 6.45) is 3.61. The topological polar surface area (TPSA) is 44.8 Å². The number of benzene rings is 1. The van der Waals surface area contributed by atoms with Crippen molar-refractivity contribution in [2.75, 3.05) is 13.2 Å². The predicted octanol–water partition coefficient (Wildman–Crippen LogP) is 5.12. The first-order valence-electron chi connectivity index (χ1n) is 7.25. The van der Waals surface area contributed by atoms with Gasteiger partial charge in [0.2, 0.25) is 0 Å². The highest BCUT2D eigenvalue weighted by Gasteiger charge is 2.28. The van der Waals surface area contributed by atoms with Crippen LogP contribution in [0.1, 0.15) is 45.1 Å². The van der Waals surface area contributed by atoms with Crippen molar-refractivity contribution in [2.24, 2.45) is 0 Å². The molecule has 0 fully saturated rings. The van der Waals surface area contributed by atoms with Crippen molar-refractivity contribution < 1.29 is 18.1 Å². The number of phosphoric ester groups is 1. The molecule has 0 atom stereocenters. The Bertz CT molecular complexity index is 420. The van der Waals surface area contributed by atoms with Crippen LogP contribution in [0.25, 0.3) is 0 Å². The number of hydrogen-bond acceptors (Lipinski definition) is 4. The van der Waals surface area contributed by atoms with Crippen molar-refractivity contribution in [3.63, 3.8) is 0 Å². The standard InChI is InChI=1S/C15H25O4P/c1-4-6-12-17-20(16,18-13-7-5-2)19-15-11-9-8-10-14(15)3/h8-11H,4-7,12-13H2,1-3H3. The molecule has 0 amide bonds. The van der Waals surface area contributed by atoms with Crippen LogP contribution in [0.2, 0.25) is 0 Å². The first-order chi connectivity index (χ1) is 9.61. The molecule has 0 aliphatic rings. The molecule has 4 nitrogen and oxygen atoms in total. The minimum Gasteiger partial charge on any atom is -0.404 e. The molecule has 0 aliphatic carbocycles. The largest absolute Gasteiger partial charge is 0.530 e. The molecule has 0 aliphatic heterocycles. The normalized spacial score (nSPS) is 11.6. The number of unbranched alkanes of at least 4 members (excludes halogenated alkanes) is 2. The van der Waals surface area contributed by atoms with E-state index in [1.54, 1.807) is 6.07 Å². The number of para-hydroxylation sites is 1. The molecule has 0 bridgehead atoms. The second-order valence-electron chi connectivity index (χ2n) is 4.68. The van der Waals surface area contributed by atoms with E-state index in [0.717, 1.165) is 31.2 Å². The summed E-state index contributed by atoms with van der Waals surface area (Å²) in [6.45, 7) is 6.76. The van der Waals surface area contributed by atoms with Gasteiger partial charge in [-0.3, -0.25) is 9.05 Å². The van der Waals surface area contributed by atoms with Crippen molar-refractivity contribution in [2.45, 2.75) is 46.5 Å². The van der Waals surface area contributed by atoms with Gasteiger partial charge in [0, 0.05) is 0 Å². The summed E-state index contributed by atoms with van der Waals surface area (Å²) in [5, 5.41) is 0. The van der Waals surface area contributed by atoms with Crippen LogP contribution in [0.4, 0.5) is 0 Å². The Morgan fingerprint density at radius 1 is 1.00 bits per heavy atom. The molecule has 5 heteroatoms. The van der Waals surface area contributed by atoms with E-state index in [-0.39, 0.29) is 0 Å². The molecule has 1 rings (SSSR count). The minimum atomic E-state index is -3.53. The van der Waals surface area contributed by atoms with Crippen molar-refractivity contribution in [1.29, 1.82) is 0 Å². The van der Waals surface area contributed by atoms with E-state index in [4.69, 9.17) is 13.6 Å². The van der Waals surface area contributed by atoms with E-state index >= 15 is 0 Å². The van der Waals surface area contributed by atoms with E-state index in [1.165, 1.54) is 0 Å². The second kappa shape index (κ2) is 9.17. The molecule has 0 heterocycles.